The van der Waals surface area contributed by atoms with Gasteiger partial charge in [-0.25, -0.2) is 4.79 Å². The van der Waals surface area contributed by atoms with E-state index in [1.54, 1.807) is 0 Å². The monoisotopic (exact) mass is 373 g/mol. The molecule has 0 heterocycles. The molecule has 1 fully saturated rings. The molecule has 0 aliphatic heterocycles. The highest BCUT2D eigenvalue weighted by Gasteiger charge is 2.31. The predicted molar refractivity (Wildman–Crippen MR) is 87.6 cm³/mol. The van der Waals surface area contributed by atoms with Gasteiger partial charge in [-0.05, 0) is 38.2 Å². The van der Waals surface area contributed by atoms with Crippen LogP contribution in [0.5, 0.6) is 0 Å². The molecule has 1 saturated carbocycles. The van der Waals surface area contributed by atoms with E-state index in [1.165, 1.54) is 0 Å². The van der Waals surface area contributed by atoms with Gasteiger partial charge in [0.2, 0.25) is 0 Å². The number of benzene rings is 1. The van der Waals surface area contributed by atoms with Gasteiger partial charge in [-0.3, -0.25) is 4.79 Å². The van der Waals surface area contributed by atoms with Crippen molar-refractivity contribution in [1.82, 2.24) is 5.32 Å². The largest absolute Gasteiger partial charge is 0.462 e. The Bertz CT molecular complexity index is 625. The minimum atomic E-state index is -4.54. The third-order valence-electron chi connectivity index (χ3n) is 4.09. The highest BCUT2D eigenvalue weighted by molar-refractivity contribution is 5.72. The van der Waals surface area contributed by atoms with Gasteiger partial charge in [-0.1, -0.05) is 29.8 Å². The second-order valence-corrected chi connectivity index (χ2v) is 6.46. The first kappa shape index (κ1) is 20.1. The van der Waals surface area contributed by atoms with E-state index in [1.807, 2.05) is 31.2 Å². The number of esters is 1. The average Bonchev–Trinajstić information content (AvgIpc) is 2.54. The maximum atomic E-state index is 12.0. The number of alkyl halides is 3. The van der Waals surface area contributed by atoms with Crippen molar-refractivity contribution in [2.24, 2.45) is 0 Å². The van der Waals surface area contributed by atoms with Crippen LogP contribution >= 0.6 is 0 Å². The molecule has 0 unspecified atom stereocenters. The maximum Gasteiger partial charge on any atom is 0.422 e. The summed E-state index contributed by atoms with van der Waals surface area (Å²) in [6.45, 7) is 0.341. The minimum Gasteiger partial charge on any atom is -0.462 e. The van der Waals surface area contributed by atoms with Crippen molar-refractivity contribution in [2.45, 2.75) is 57.3 Å². The van der Waals surface area contributed by atoms with E-state index < -0.39 is 18.9 Å². The maximum absolute atomic E-state index is 12.0. The van der Waals surface area contributed by atoms with E-state index in [0.29, 0.717) is 25.7 Å². The predicted octanol–water partition coefficient (Wildman–Crippen LogP) is 3.68. The molecule has 1 amide bonds. The summed E-state index contributed by atoms with van der Waals surface area (Å²) in [5.41, 5.74) is 1.96. The fourth-order valence-corrected chi connectivity index (χ4v) is 2.90. The zero-order valence-corrected chi connectivity index (χ0v) is 14.5. The lowest BCUT2D eigenvalue weighted by atomic mass is 9.93. The summed E-state index contributed by atoms with van der Waals surface area (Å²) in [6, 6.07) is 7.34. The van der Waals surface area contributed by atoms with E-state index in [9.17, 15) is 22.8 Å². The third kappa shape index (κ3) is 7.33. The van der Waals surface area contributed by atoms with Gasteiger partial charge in [-0.2, -0.15) is 13.2 Å². The molecule has 0 bridgehead atoms. The zero-order valence-electron chi connectivity index (χ0n) is 14.5. The van der Waals surface area contributed by atoms with Crippen molar-refractivity contribution >= 4 is 12.1 Å². The summed E-state index contributed by atoms with van der Waals surface area (Å²) in [5.74, 6) is -0.309. The lowest BCUT2D eigenvalue weighted by molar-refractivity contribution is -0.160. The Balaban J connectivity index is 1.68. The smallest absolute Gasteiger partial charge is 0.422 e. The van der Waals surface area contributed by atoms with Gasteiger partial charge in [0.1, 0.15) is 6.10 Å². The van der Waals surface area contributed by atoms with Crippen LogP contribution in [0, 0.1) is 6.92 Å². The molecule has 0 atom stereocenters. The summed E-state index contributed by atoms with van der Waals surface area (Å²) < 4.78 is 45.5. The van der Waals surface area contributed by atoms with Crippen molar-refractivity contribution < 1.29 is 32.2 Å². The number of rotatable bonds is 5. The van der Waals surface area contributed by atoms with E-state index in [2.05, 4.69) is 10.1 Å². The molecule has 0 spiro atoms. The Kier molecular flexibility index (Phi) is 6.88. The van der Waals surface area contributed by atoms with Gasteiger partial charge in [0, 0.05) is 6.04 Å². The number of alkyl carbamates (subject to hydrolysis) is 1. The van der Waals surface area contributed by atoms with Gasteiger partial charge in [0.15, 0.2) is 6.61 Å². The minimum absolute atomic E-state index is 0.198. The highest BCUT2D eigenvalue weighted by Crippen LogP contribution is 2.22. The van der Waals surface area contributed by atoms with Gasteiger partial charge < -0.3 is 14.8 Å². The summed E-state index contributed by atoms with van der Waals surface area (Å²) in [4.78, 5) is 23.3. The van der Waals surface area contributed by atoms with Crippen LogP contribution in [0.1, 0.15) is 36.8 Å². The molecular formula is C18H22F3NO4. The lowest BCUT2D eigenvalue weighted by Gasteiger charge is -2.28. The lowest BCUT2D eigenvalue weighted by Crippen LogP contribution is -2.40. The second-order valence-electron chi connectivity index (χ2n) is 6.46. The number of ether oxygens (including phenoxy) is 2. The van der Waals surface area contributed by atoms with Crippen LogP contribution in [0.3, 0.4) is 0 Å². The quantitative estimate of drug-likeness (QED) is 0.800. The number of nitrogens with one attached hydrogen (secondary N) is 1. The van der Waals surface area contributed by atoms with Gasteiger partial charge >= 0.3 is 18.2 Å². The van der Waals surface area contributed by atoms with E-state index >= 15 is 0 Å². The molecule has 26 heavy (non-hydrogen) atoms. The van der Waals surface area contributed by atoms with Crippen molar-refractivity contribution in [1.29, 1.82) is 0 Å². The number of aryl methyl sites for hydroxylation is 1. The van der Waals surface area contributed by atoms with E-state index in [0.717, 1.165) is 11.1 Å². The van der Waals surface area contributed by atoms with Crippen LogP contribution in [-0.4, -0.2) is 37.0 Å². The van der Waals surface area contributed by atoms with Crippen molar-refractivity contribution in [2.75, 3.05) is 6.61 Å². The van der Waals surface area contributed by atoms with Crippen LogP contribution in [0.2, 0.25) is 0 Å². The second kappa shape index (κ2) is 8.91. The fourth-order valence-electron chi connectivity index (χ4n) is 2.90. The van der Waals surface area contributed by atoms with Crippen LogP contribution < -0.4 is 5.32 Å². The third-order valence-corrected chi connectivity index (χ3v) is 4.09. The molecule has 1 N–H and O–H groups in total. The topological polar surface area (TPSA) is 64.6 Å². The molecule has 5 nitrogen and oxygen atoms in total. The SMILES string of the molecule is Cc1cccc(CC(=O)OC2CCC(NC(=O)OCC(F)(F)F)CC2)c1. The Morgan fingerprint density at radius 3 is 2.50 bits per heavy atom. The fraction of sp³-hybridized carbons (Fsp3) is 0.556. The number of carbonyl (C=O) groups excluding carboxylic acids is 2. The summed E-state index contributed by atoms with van der Waals surface area (Å²) >= 11 is 0. The first-order valence-corrected chi connectivity index (χ1v) is 8.46. The Hall–Kier alpha value is -2.25. The van der Waals surface area contributed by atoms with Crippen LogP contribution in [0.25, 0.3) is 0 Å². The van der Waals surface area contributed by atoms with Crippen molar-refractivity contribution in [3.8, 4) is 0 Å². The zero-order chi connectivity index (χ0) is 19.2. The van der Waals surface area contributed by atoms with Crippen molar-refractivity contribution in [3.63, 3.8) is 0 Å². The van der Waals surface area contributed by atoms with E-state index in [-0.39, 0.29) is 24.5 Å². The molecule has 0 aromatic heterocycles. The van der Waals surface area contributed by atoms with Gasteiger partial charge in [0.25, 0.3) is 0 Å². The molecule has 0 radical (unpaired) electrons. The molecule has 144 valence electrons. The first-order chi connectivity index (χ1) is 12.2. The molecular weight excluding hydrogens is 351 g/mol. The number of hydrogen-bond acceptors (Lipinski definition) is 4. The number of halogens is 3. The van der Waals surface area contributed by atoms with Crippen LogP contribution in [0.15, 0.2) is 24.3 Å². The average molecular weight is 373 g/mol. The molecule has 0 saturated heterocycles. The number of hydrogen-bond donors (Lipinski definition) is 1. The molecule has 1 aliphatic carbocycles. The molecule has 8 heteroatoms. The summed E-state index contributed by atoms with van der Waals surface area (Å²) in [7, 11) is 0. The van der Waals surface area contributed by atoms with Gasteiger partial charge in [-0.15, -0.1) is 0 Å². The first-order valence-electron chi connectivity index (χ1n) is 8.46. The Labute approximate surface area is 149 Å². The Morgan fingerprint density at radius 2 is 1.88 bits per heavy atom. The molecule has 1 aliphatic rings. The van der Waals surface area contributed by atoms with E-state index in [4.69, 9.17) is 4.74 Å². The highest BCUT2D eigenvalue weighted by atomic mass is 19.4. The molecule has 1 aromatic rings. The van der Waals surface area contributed by atoms with Crippen molar-refractivity contribution in [3.05, 3.63) is 35.4 Å². The van der Waals surface area contributed by atoms with Crippen LogP contribution in [-0.2, 0) is 20.7 Å². The standard InChI is InChI=1S/C18H22F3NO4/c1-12-3-2-4-13(9-12)10-16(23)26-15-7-5-14(6-8-15)22-17(24)25-11-18(19,20)21/h2-4,9,14-15H,5-8,10-11H2,1H3,(H,22,24). The molecule has 2 rings (SSSR count). The normalized spacial score (nSPS) is 20.3. The molecule has 1 aromatic carbocycles. The number of carbonyl (C=O) groups is 2. The van der Waals surface area contributed by atoms with Crippen LogP contribution in [0.4, 0.5) is 18.0 Å². The Morgan fingerprint density at radius 1 is 1.19 bits per heavy atom. The summed E-state index contributed by atoms with van der Waals surface area (Å²) in [5, 5.41) is 2.41. The summed E-state index contributed by atoms with van der Waals surface area (Å²) in [6.07, 6.45) is -3.54. The van der Waals surface area contributed by atoms with Gasteiger partial charge in [0.05, 0.1) is 6.42 Å². The number of amides is 1.